The molecule has 0 heterocycles. The fourth-order valence-electron chi connectivity index (χ4n) is 2.08. The van der Waals surface area contributed by atoms with Crippen LogP contribution in [0.15, 0.2) is 58.8 Å². The van der Waals surface area contributed by atoms with Crippen molar-refractivity contribution in [1.82, 2.24) is 0 Å². The number of unbranched alkanes of at least 4 members (excludes halogenated alkanes) is 1. The van der Waals surface area contributed by atoms with Gasteiger partial charge in [-0.05, 0) is 61.4 Å². The van der Waals surface area contributed by atoms with Crippen molar-refractivity contribution in [2.75, 3.05) is 13.2 Å². The minimum Gasteiger partial charge on any atom is -0.494 e. The van der Waals surface area contributed by atoms with Crippen LogP contribution in [-0.2, 0) is 4.79 Å². The van der Waals surface area contributed by atoms with Crippen LogP contribution in [0.3, 0.4) is 0 Å². The molecule has 138 valence electrons. The lowest BCUT2D eigenvalue weighted by molar-refractivity contribution is -0.137. The fraction of sp³-hybridized carbons (Fsp3) is 0.350. The number of azo groups is 1. The van der Waals surface area contributed by atoms with Crippen molar-refractivity contribution in [2.24, 2.45) is 10.2 Å². The molecule has 0 amide bonds. The summed E-state index contributed by atoms with van der Waals surface area (Å²) in [6.45, 7) is 3.23. The van der Waals surface area contributed by atoms with Crippen LogP contribution in [0.5, 0.6) is 11.5 Å². The van der Waals surface area contributed by atoms with E-state index in [2.05, 4.69) is 17.2 Å². The average Bonchev–Trinajstić information content (AvgIpc) is 2.65. The maximum absolute atomic E-state index is 10.4. The molecule has 0 saturated carbocycles. The fourth-order valence-corrected chi connectivity index (χ4v) is 2.08. The van der Waals surface area contributed by atoms with E-state index in [9.17, 15) is 4.79 Å². The van der Waals surface area contributed by atoms with Crippen LogP contribution in [0.4, 0.5) is 11.4 Å². The Morgan fingerprint density at radius 3 is 1.73 bits per heavy atom. The van der Waals surface area contributed by atoms with E-state index < -0.39 is 5.97 Å². The molecule has 0 spiro atoms. The highest BCUT2D eigenvalue weighted by molar-refractivity contribution is 5.66. The van der Waals surface area contributed by atoms with Gasteiger partial charge in [-0.15, -0.1) is 0 Å². The third kappa shape index (κ3) is 7.34. The Morgan fingerprint density at radius 1 is 0.846 bits per heavy atom. The second-order valence-electron chi connectivity index (χ2n) is 5.74. The molecular formula is C20H24N2O4. The number of hydrogen-bond donors (Lipinski definition) is 1. The van der Waals surface area contributed by atoms with E-state index in [0.717, 1.165) is 30.9 Å². The maximum atomic E-state index is 10.4. The monoisotopic (exact) mass is 356 g/mol. The van der Waals surface area contributed by atoms with Gasteiger partial charge in [0.2, 0.25) is 0 Å². The number of carboxylic acids is 1. The van der Waals surface area contributed by atoms with E-state index in [-0.39, 0.29) is 6.42 Å². The lowest BCUT2D eigenvalue weighted by atomic mass is 10.3. The van der Waals surface area contributed by atoms with E-state index in [4.69, 9.17) is 14.6 Å². The summed E-state index contributed by atoms with van der Waals surface area (Å²) in [6.07, 6.45) is 2.74. The number of aliphatic carboxylic acids is 1. The highest BCUT2D eigenvalue weighted by Crippen LogP contribution is 2.23. The summed E-state index contributed by atoms with van der Waals surface area (Å²) in [4.78, 5) is 10.4. The Morgan fingerprint density at radius 2 is 1.31 bits per heavy atom. The van der Waals surface area contributed by atoms with Gasteiger partial charge in [-0.3, -0.25) is 4.79 Å². The number of rotatable bonds is 11. The smallest absolute Gasteiger partial charge is 0.303 e. The van der Waals surface area contributed by atoms with Crippen molar-refractivity contribution in [1.29, 1.82) is 0 Å². The summed E-state index contributed by atoms with van der Waals surface area (Å²) in [5.74, 6) is 0.703. The predicted molar refractivity (Wildman–Crippen MR) is 99.8 cm³/mol. The molecule has 6 nitrogen and oxygen atoms in total. The van der Waals surface area contributed by atoms with Crippen molar-refractivity contribution in [3.05, 3.63) is 48.5 Å². The average molecular weight is 356 g/mol. The third-order valence-electron chi connectivity index (χ3n) is 3.52. The standard InChI is InChI=1S/C20H24N2O4/c1-2-3-14-25-18-10-6-16(7-11-18)21-22-17-8-12-19(13-9-17)26-15-4-5-20(23)24/h6-13H,2-5,14-15H2,1H3,(H,23,24). The van der Waals surface area contributed by atoms with Crippen LogP contribution in [0.2, 0.25) is 0 Å². The molecule has 2 rings (SSSR count). The molecule has 26 heavy (non-hydrogen) atoms. The molecule has 2 aromatic rings. The predicted octanol–water partition coefficient (Wildman–Crippen LogP) is 5.52. The van der Waals surface area contributed by atoms with E-state index >= 15 is 0 Å². The second kappa shape index (κ2) is 10.9. The van der Waals surface area contributed by atoms with Crippen LogP contribution >= 0.6 is 0 Å². The third-order valence-corrected chi connectivity index (χ3v) is 3.52. The van der Waals surface area contributed by atoms with Gasteiger partial charge in [-0.25, -0.2) is 0 Å². The van der Waals surface area contributed by atoms with Crippen molar-refractivity contribution in [3.63, 3.8) is 0 Å². The second-order valence-corrected chi connectivity index (χ2v) is 5.74. The number of hydrogen-bond acceptors (Lipinski definition) is 5. The van der Waals surface area contributed by atoms with E-state index in [0.29, 0.717) is 24.5 Å². The molecule has 0 aromatic heterocycles. The van der Waals surface area contributed by atoms with Crippen molar-refractivity contribution in [3.8, 4) is 11.5 Å². The first-order chi connectivity index (χ1) is 12.7. The Labute approximate surface area is 153 Å². The van der Waals surface area contributed by atoms with Crippen molar-refractivity contribution in [2.45, 2.75) is 32.6 Å². The van der Waals surface area contributed by atoms with Gasteiger partial charge in [0.25, 0.3) is 0 Å². The van der Waals surface area contributed by atoms with Gasteiger partial charge < -0.3 is 14.6 Å². The number of carboxylic acid groups (broad SMARTS) is 1. The van der Waals surface area contributed by atoms with Gasteiger partial charge in [0, 0.05) is 6.42 Å². The largest absolute Gasteiger partial charge is 0.494 e. The molecule has 0 aliphatic rings. The van der Waals surface area contributed by atoms with Crippen LogP contribution in [0.25, 0.3) is 0 Å². The number of carbonyl (C=O) groups is 1. The minimum atomic E-state index is -0.815. The Balaban J connectivity index is 1.81. The van der Waals surface area contributed by atoms with Gasteiger partial charge in [-0.2, -0.15) is 10.2 Å². The first-order valence-electron chi connectivity index (χ1n) is 8.76. The molecule has 0 fully saturated rings. The summed E-state index contributed by atoms with van der Waals surface area (Å²) in [5, 5.41) is 17.0. The van der Waals surface area contributed by atoms with E-state index in [1.807, 2.05) is 24.3 Å². The summed E-state index contributed by atoms with van der Waals surface area (Å²) in [5.41, 5.74) is 1.47. The van der Waals surface area contributed by atoms with Gasteiger partial charge in [0.05, 0.1) is 24.6 Å². The zero-order valence-electron chi connectivity index (χ0n) is 14.9. The van der Waals surface area contributed by atoms with E-state index in [1.54, 1.807) is 24.3 Å². The van der Waals surface area contributed by atoms with Crippen LogP contribution in [-0.4, -0.2) is 24.3 Å². The quantitative estimate of drug-likeness (QED) is 0.424. The molecule has 0 bridgehead atoms. The van der Waals surface area contributed by atoms with Gasteiger partial charge in [-0.1, -0.05) is 13.3 Å². The summed E-state index contributed by atoms with van der Waals surface area (Å²) in [7, 11) is 0. The highest BCUT2D eigenvalue weighted by Gasteiger charge is 1.99. The lowest BCUT2D eigenvalue weighted by Crippen LogP contribution is -2.01. The molecular weight excluding hydrogens is 332 g/mol. The molecule has 0 saturated heterocycles. The van der Waals surface area contributed by atoms with Crippen molar-refractivity contribution < 1.29 is 19.4 Å². The normalized spacial score (nSPS) is 10.8. The zero-order valence-corrected chi connectivity index (χ0v) is 14.9. The molecule has 0 aliphatic heterocycles. The molecule has 0 atom stereocenters. The minimum absolute atomic E-state index is 0.106. The molecule has 0 unspecified atom stereocenters. The van der Waals surface area contributed by atoms with Crippen molar-refractivity contribution >= 4 is 17.3 Å². The highest BCUT2D eigenvalue weighted by atomic mass is 16.5. The van der Waals surface area contributed by atoms with Crippen LogP contribution < -0.4 is 9.47 Å². The number of benzene rings is 2. The van der Waals surface area contributed by atoms with E-state index in [1.165, 1.54) is 0 Å². The lowest BCUT2D eigenvalue weighted by Gasteiger charge is -2.05. The number of ether oxygens (including phenoxy) is 2. The molecule has 0 radical (unpaired) electrons. The molecule has 0 aliphatic carbocycles. The first kappa shape index (κ1) is 19.4. The maximum Gasteiger partial charge on any atom is 0.303 e. The van der Waals surface area contributed by atoms with Gasteiger partial charge >= 0.3 is 5.97 Å². The zero-order chi connectivity index (χ0) is 18.6. The summed E-state index contributed by atoms with van der Waals surface area (Å²) >= 11 is 0. The van der Waals surface area contributed by atoms with Gasteiger partial charge in [0.1, 0.15) is 11.5 Å². The SMILES string of the molecule is CCCCOc1ccc(N=Nc2ccc(OCCCC(=O)O)cc2)cc1. The van der Waals surface area contributed by atoms with Crippen LogP contribution in [0, 0.1) is 0 Å². The number of nitrogens with zero attached hydrogens (tertiary/aromatic N) is 2. The van der Waals surface area contributed by atoms with Crippen LogP contribution in [0.1, 0.15) is 32.6 Å². The van der Waals surface area contributed by atoms with Gasteiger partial charge in [0.15, 0.2) is 0 Å². The Hall–Kier alpha value is -2.89. The first-order valence-corrected chi connectivity index (χ1v) is 8.76. The molecule has 2 aromatic carbocycles. The summed E-state index contributed by atoms with van der Waals surface area (Å²) in [6, 6.07) is 14.7. The summed E-state index contributed by atoms with van der Waals surface area (Å²) < 4.78 is 11.1. The molecule has 6 heteroatoms. The Kier molecular flexibility index (Phi) is 8.12. The topological polar surface area (TPSA) is 80.5 Å². The Bertz CT molecular complexity index is 697. The molecule has 1 N–H and O–H groups in total.